The normalized spacial score (nSPS) is 13.7. The van der Waals surface area contributed by atoms with Gasteiger partial charge < -0.3 is 20.1 Å². The van der Waals surface area contributed by atoms with E-state index < -0.39 is 0 Å². The number of carbonyl (C=O) groups excluding carboxylic acids is 1. The largest absolute Gasteiger partial charge is 0.356 e. The van der Waals surface area contributed by atoms with Crippen molar-refractivity contribution in [2.75, 3.05) is 13.1 Å². The first-order chi connectivity index (χ1) is 12.2. The zero-order valence-electron chi connectivity index (χ0n) is 14.1. The van der Waals surface area contributed by atoms with E-state index in [9.17, 15) is 4.79 Å². The Kier molecular flexibility index (Phi) is 5.39. The minimum absolute atomic E-state index is 0. The lowest BCUT2D eigenvalue weighted by molar-refractivity contribution is 0.0788. The molecule has 0 radical (unpaired) electrons. The zero-order chi connectivity index (χ0) is 17.2. The van der Waals surface area contributed by atoms with E-state index in [4.69, 9.17) is 10.3 Å². The van der Waals surface area contributed by atoms with E-state index in [1.807, 2.05) is 29.2 Å². The topological polar surface area (TPSA) is 101 Å². The number of amides is 1. The Balaban J connectivity index is 0.00000196. The summed E-state index contributed by atoms with van der Waals surface area (Å²) in [6, 6.07) is 9.46. The number of benzene rings is 1. The number of halogens is 1. The van der Waals surface area contributed by atoms with Gasteiger partial charge in [-0.1, -0.05) is 29.4 Å². The van der Waals surface area contributed by atoms with Gasteiger partial charge >= 0.3 is 0 Å². The summed E-state index contributed by atoms with van der Waals surface area (Å²) in [5, 5.41) is 4.02. The second-order valence-electron chi connectivity index (χ2n) is 6.13. The summed E-state index contributed by atoms with van der Waals surface area (Å²) in [6.07, 6.45) is 3.85. The maximum Gasteiger partial charge on any atom is 0.270 e. The van der Waals surface area contributed by atoms with Crippen LogP contribution in [0.15, 0.2) is 41.1 Å². The number of hydrogen-bond donors (Lipinski definition) is 2. The van der Waals surface area contributed by atoms with E-state index in [-0.39, 0.29) is 18.3 Å². The Labute approximate surface area is 157 Å². The highest BCUT2D eigenvalue weighted by molar-refractivity contribution is 5.93. The van der Waals surface area contributed by atoms with Crippen LogP contribution in [-0.4, -0.2) is 39.0 Å². The van der Waals surface area contributed by atoms with Crippen LogP contribution in [-0.2, 0) is 6.54 Å². The molecular weight excluding hydrogens is 354 g/mol. The van der Waals surface area contributed by atoms with Gasteiger partial charge in [-0.05, 0) is 24.5 Å². The molecule has 0 aliphatic carbocycles. The summed E-state index contributed by atoms with van der Waals surface area (Å²) in [6.45, 7) is 2.13. The molecular formula is C18H20ClN5O2. The number of hydrogen-bond acceptors (Lipinski definition) is 5. The summed E-state index contributed by atoms with van der Waals surface area (Å²) >= 11 is 0. The fourth-order valence-electron chi connectivity index (χ4n) is 2.98. The Morgan fingerprint density at radius 1 is 1.19 bits per heavy atom. The molecule has 0 bridgehead atoms. The molecule has 7 nitrogen and oxygen atoms in total. The van der Waals surface area contributed by atoms with Gasteiger partial charge in [-0.2, -0.15) is 4.98 Å². The monoisotopic (exact) mass is 373 g/mol. The maximum absolute atomic E-state index is 12.4. The van der Waals surface area contributed by atoms with Crippen molar-refractivity contribution >= 4 is 18.3 Å². The number of nitrogens with two attached hydrogens (primary N) is 1. The first kappa shape index (κ1) is 18.2. The lowest BCUT2D eigenvalue weighted by Gasteiger charge is -2.13. The van der Waals surface area contributed by atoms with Crippen molar-refractivity contribution < 1.29 is 9.32 Å². The van der Waals surface area contributed by atoms with Crippen molar-refractivity contribution in [3.05, 3.63) is 47.8 Å². The molecule has 1 saturated heterocycles. The van der Waals surface area contributed by atoms with E-state index in [0.717, 1.165) is 37.1 Å². The quantitative estimate of drug-likeness (QED) is 0.732. The minimum atomic E-state index is 0. The smallest absolute Gasteiger partial charge is 0.270 e. The molecule has 8 heteroatoms. The molecule has 1 aromatic carbocycles. The molecule has 4 rings (SSSR count). The maximum atomic E-state index is 12.4. The van der Waals surface area contributed by atoms with Crippen molar-refractivity contribution in [3.8, 4) is 22.8 Å². The Morgan fingerprint density at radius 2 is 1.92 bits per heavy atom. The second-order valence-corrected chi connectivity index (χ2v) is 6.13. The molecule has 0 unspecified atom stereocenters. The Bertz CT molecular complexity index is 881. The van der Waals surface area contributed by atoms with Gasteiger partial charge in [-0.25, -0.2) is 0 Å². The van der Waals surface area contributed by atoms with Crippen molar-refractivity contribution in [3.63, 3.8) is 0 Å². The van der Waals surface area contributed by atoms with Gasteiger partial charge in [-0.3, -0.25) is 4.79 Å². The fourth-order valence-corrected chi connectivity index (χ4v) is 2.98. The lowest BCUT2D eigenvalue weighted by atomic mass is 10.1. The first-order valence-electron chi connectivity index (χ1n) is 8.36. The zero-order valence-corrected chi connectivity index (χ0v) is 15.0. The van der Waals surface area contributed by atoms with Gasteiger partial charge in [0.1, 0.15) is 5.69 Å². The molecule has 1 fully saturated rings. The van der Waals surface area contributed by atoms with E-state index >= 15 is 0 Å². The highest BCUT2D eigenvalue weighted by atomic mass is 35.5. The number of aromatic amines is 1. The van der Waals surface area contributed by atoms with Crippen LogP contribution < -0.4 is 5.73 Å². The molecule has 1 amide bonds. The van der Waals surface area contributed by atoms with E-state index in [1.165, 1.54) is 0 Å². The van der Waals surface area contributed by atoms with Crippen molar-refractivity contribution in [1.82, 2.24) is 20.0 Å². The molecule has 0 saturated carbocycles. The SMILES string of the molecule is Cl.NCc1ccc(-c2noc(-c3c[nH]c(C(=O)N4CCCC4)c3)n2)cc1. The summed E-state index contributed by atoms with van der Waals surface area (Å²) in [5.41, 5.74) is 8.76. The number of nitrogens with one attached hydrogen (secondary N) is 1. The molecule has 136 valence electrons. The molecule has 1 aliphatic rings. The van der Waals surface area contributed by atoms with Gasteiger partial charge in [0, 0.05) is 31.4 Å². The minimum Gasteiger partial charge on any atom is -0.356 e. The third-order valence-corrected chi connectivity index (χ3v) is 4.43. The van der Waals surface area contributed by atoms with Crippen molar-refractivity contribution in [2.24, 2.45) is 5.73 Å². The fraction of sp³-hybridized carbons (Fsp3) is 0.278. The van der Waals surface area contributed by atoms with Gasteiger partial charge in [0.2, 0.25) is 5.82 Å². The predicted octanol–water partition coefficient (Wildman–Crippen LogP) is 2.85. The summed E-state index contributed by atoms with van der Waals surface area (Å²) in [7, 11) is 0. The molecule has 0 spiro atoms. The van der Waals surface area contributed by atoms with Crippen LogP contribution in [0.1, 0.15) is 28.9 Å². The van der Waals surface area contributed by atoms with Crippen LogP contribution in [0.3, 0.4) is 0 Å². The van der Waals surface area contributed by atoms with E-state index in [2.05, 4.69) is 15.1 Å². The Hall–Kier alpha value is -2.64. The van der Waals surface area contributed by atoms with Crippen LogP contribution in [0, 0.1) is 0 Å². The van der Waals surface area contributed by atoms with Crippen LogP contribution in [0.5, 0.6) is 0 Å². The number of likely N-dealkylation sites (tertiary alicyclic amines) is 1. The van der Waals surface area contributed by atoms with Gasteiger partial charge in [-0.15, -0.1) is 12.4 Å². The van der Waals surface area contributed by atoms with Crippen LogP contribution in [0.25, 0.3) is 22.8 Å². The standard InChI is InChI=1S/C18H19N5O2.ClH/c19-10-12-3-5-13(6-4-12)16-21-17(25-22-16)14-9-15(20-11-14)18(24)23-7-1-2-8-23;/h3-6,9,11,20H,1-2,7-8,10,19H2;1H. The highest BCUT2D eigenvalue weighted by Crippen LogP contribution is 2.24. The lowest BCUT2D eigenvalue weighted by Crippen LogP contribution is -2.27. The molecule has 3 N–H and O–H groups in total. The van der Waals surface area contributed by atoms with E-state index in [1.54, 1.807) is 12.3 Å². The van der Waals surface area contributed by atoms with Gasteiger partial charge in [0.05, 0.1) is 5.56 Å². The van der Waals surface area contributed by atoms with Crippen LogP contribution >= 0.6 is 12.4 Å². The van der Waals surface area contributed by atoms with Crippen LogP contribution in [0.2, 0.25) is 0 Å². The summed E-state index contributed by atoms with van der Waals surface area (Å²) < 4.78 is 5.35. The van der Waals surface area contributed by atoms with Crippen molar-refractivity contribution in [1.29, 1.82) is 0 Å². The van der Waals surface area contributed by atoms with Gasteiger partial charge in [0.25, 0.3) is 11.8 Å². The van der Waals surface area contributed by atoms with Crippen molar-refractivity contribution in [2.45, 2.75) is 19.4 Å². The van der Waals surface area contributed by atoms with Gasteiger partial charge in [0.15, 0.2) is 0 Å². The average Bonchev–Trinajstić information content (AvgIpc) is 3.42. The molecule has 3 aromatic rings. The third-order valence-electron chi connectivity index (χ3n) is 4.43. The number of H-pyrrole nitrogens is 1. The number of nitrogens with zero attached hydrogens (tertiary/aromatic N) is 3. The summed E-state index contributed by atoms with van der Waals surface area (Å²) in [5.74, 6) is 0.905. The number of rotatable bonds is 4. The van der Waals surface area contributed by atoms with E-state index in [0.29, 0.717) is 29.5 Å². The highest BCUT2D eigenvalue weighted by Gasteiger charge is 2.22. The molecule has 3 heterocycles. The summed E-state index contributed by atoms with van der Waals surface area (Å²) in [4.78, 5) is 21.7. The third kappa shape index (κ3) is 3.49. The Morgan fingerprint density at radius 3 is 2.62 bits per heavy atom. The van der Waals surface area contributed by atoms with Crippen LogP contribution in [0.4, 0.5) is 0 Å². The first-order valence-corrected chi connectivity index (χ1v) is 8.36. The number of aromatic nitrogens is 3. The number of carbonyl (C=O) groups is 1. The molecule has 26 heavy (non-hydrogen) atoms. The molecule has 2 aromatic heterocycles. The predicted molar refractivity (Wildman–Crippen MR) is 99.8 cm³/mol. The second kappa shape index (κ2) is 7.72. The average molecular weight is 374 g/mol. The molecule has 1 aliphatic heterocycles. The molecule has 0 atom stereocenters.